The van der Waals surface area contributed by atoms with Crippen molar-refractivity contribution in [3.05, 3.63) is 59.7 Å². The van der Waals surface area contributed by atoms with E-state index in [0.717, 1.165) is 11.3 Å². The van der Waals surface area contributed by atoms with Crippen LogP contribution in [0.1, 0.15) is 11.1 Å². The van der Waals surface area contributed by atoms with E-state index in [0.29, 0.717) is 12.2 Å². The fourth-order valence-electron chi connectivity index (χ4n) is 2.12. The molecule has 0 saturated carbocycles. The third-order valence-electron chi connectivity index (χ3n) is 3.19. The Morgan fingerprint density at radius 1 is 1.12 bits per heavy atom. The number of halogens is 2. The zero-order chi connectivity index (χ0) is 17.4. The van der Waals surface area contributed by atoms with Gasteiger partial charge in [-0.3, -0.25) is 0 Å². The summed E-state index contributed by atoms with van der Waals surface area (Å²) in [6.07, 6.45) is 0. The van der Waals surface area contributed by atoms with Gasteiger partial charge in [-0.05, 0) is 12.1 Å². The topological polar surface area (TPSA) is 68.9 Å². The molecule has 0 unspecified atom stereocenters. The Hall–Kier alpha value is -2.67. The van der Waals surface area contributed by atoms with Gasteiger partial charge in [0, 0.05) is 23.9 Å². The molecule has 5 nitrogen and oxygen atoms in total. The first-order valence-electron chi connectivity index (χ1n) is 7.26. The maximum atomic E-state index is 12.4. The number of nitrogens with two attached hydrogens (primary N) is 1. The molecule has 3 N–H and O–H groups in total. The van der Waals surface area contributed by atoms with Gasteiger partial charge >= 0.3 is 6.61 Å². The predicted octanol–water partition coefficient (Wildman–Crippen LogP) is 3.36. The molecule has 2 aromatic rings. The molecule has 7 heteroatoms. The van der Waals surface area contributed by atoms with Crippen molar-refractivity contribution in [3.8, 4) is 5.75 Å². The molecule has 2 aromatic carbocycles. The maximum Gasteiger partial charge on any atom is 0.387 e. The van der Waals surface area contributed by atoms with Crippen molar-refractivity contribution < 1.29 is 18.3 Å². The third-order valence-corrected chi connectivity index (χ3v) is 3.19. The van der Waals surface area contributed by atoms with Crippen LogP contribution < -0.4 is 15.8 Å². The van der Waals surface area contributed by atoms with Gasteiger partial charge in [-0.25, -0.2) is 4.99 Å². The minimum atomic E-state index is -2.88. The number of nitrogens with one attached hydrogen (secondary N) is 1. The molecular weight excluding hydrogens is 316 g/mol. The maximum absolute atomic E-state index is 12.4. The van der Waals surface area contributed by atoms with Gasteiger partial charge in [0.2, 0.25) is 0 Å². The van der Waals surface area contributed by atoms with Crippen molar-refractivity contribution in [2.45, 2.75) is 19.8 Å². The molecule has 0 fully saturated rings. The van der Waals surface area contributed by atoms with Crippen molar-refractivity contribution in [2.75, 3.05) is 12.4 Å². The first-order chi connectivity index (χ1) is 11.6. The Morgan fingerprint density at radius 2 is 1.79 bits per heavy atom. The highest BCUT2D eigenvalue weighted by Crippen LogP contribution is 2.21. The molecule has 0 heterocycles. The monoisotopic (exact) mass is 335 g/mol. The first-order valence-corrected chi connectivity index (χ1v) is 7.26. The average molecular weight is 335 g/mol. The second kappa shape index (κ2) is 8.83. The number of guanidine groups is 1. The fourth-order valence-corrected chi connectivity index (χ4v) is 2.12. The number of methoxy groups -OCH3 is 1. The second-order valence-corrected chi connectivity index (χ2v) is 4.90. The number of rotatable bonds is 7. The molecule has 0 aromatic heterocycles. The molecule has 0 bridgehead atoms. The largest absolute Gasteiger partial charge is 0.434 e. The summed E-state index contributed by atoms with van der Waals surface area (Å²) in [5, 5.41) is 2.98. The smallest absolute Gasteiger partial charge is 0.387 e. The number of hydrogen-bond acceptors (Lipinski definition) is 3. The quantitative estimate of drug-likeness (QED) is 0.601. The van der Waals surface area contributed by atoms with Crippen LogP contribution in [-0.4, -0.2) is 19.7 Å². The molecule has 0 amide bonds. The zero-order valence-corrected chi connectivity index (χ0v) is 13.2. The van der Waals surface area contributed by atoms with Gasteiger partial charge in [0.1, 0.15) is 5.75 Å². The van der Waals surface area contributed by atoms with Crippen molar-refractivity contribution in [1.82, 2.24) is 0 Å². The van der Waals surface area contributed by atoms with Gasteiger partial charge in [0.15, 0.2) is 5.96 Å². The molecule has 0 spiro atoms. The van der Waals surface area contributed by atoms with Crippen molar-refractivity contribution in [2.24, 2.45) is 10.7 Å². The van der Waals surface area contributed by atoms with Gasteiger partial charge < -0.3 is 20.5 Å². The van der Waals surface area contributed by atoms with Crippen LogP contribution in [0.3, 0.4) is 0 Å². The molecular formula is C17H19F2N3O2. The second-order valence-electron chi connectivity index (χ2n) is 4.90. The number of ether oxygens (including phenoxy) is 2. The highest BCUT2D eigenvalue weighted by Gasteiger charge is 2.09. The van der Waals surface area contributed by atoms with E-state index in [9.17, 15) is 8.78 Å². The van der Waals surface area contributed by atoms with E-state index in [2.05, 4.69) is 15.0 Å². The molecule has 0 saturated heterocycles. The average Bonchev–Trinajstić information content (AvgIpc) is 2.55. The molecule has 0 radical (unpaired) electrons. The van der Waals surface area contributed by atoms with Gasteiger partial charge in [-0.2, -0.15) is 8.78 Å². The highest BCUT2D eigenvalue weighted by atomic mass is 19.3. The lowest BCUT2D eigenvalue weighted by atomic mass is 10.2. The van der Waals surface area contributed by atoms with Crippen LogP contribution in [0.25, 0.3) is 0 Å². The molecule has 24 heavy (non-hydrogen) atoms. The van der Waals surface area contributed by atoms with Crippen molar-refractivity contribution in [3.63, 3.8) is 0 Å². The number of benzene rings is 2. The van der Waals surface area contributed by atoms with E-state index in [1.165, 1.54) is 6.07 Å². The Bertz CT molecular complexity index is 693. The van der Waals surface area contributed by atoms with Gasteiger partial charge in [0.25, 0.3) is 0 Å². The predicted molar refractivity (Wildman–Crippen MR) is 89.2 cm³/mol. The lowest BCUT2D eigenvalue weighted by molar-refractivity contribution is -0.0504. The summed E-state index contributed by atoms with van der Waals surface area (Å²) < 4.78 is 34.4. The van der Waals surface area contributed by atoms with E-state index in [1.807, 2.05) is 24.3 Å². The van der Waals surface area contributed by atoms with E-state index in [1.54, 1.807) is 25.3 Å². The normalized spacial score (nSPS) is 11.6. The van der Waals surface area contributed by atoms with Crippen LogP contribution in [0.4, 0.5) is 14.5 Å². The van der Waals surface area contributed by atoms with Crippen molar-refractivity contribution >= 4 is 11.6 Å². The zero-order valence-electron chi connectivity index (χ0n) is 13.2. The van der Waals surface area contributed by atoms with Crippen LogP contribution >= 0.6 is 0 Å². The summed E-state index contributed by atoms with van der Waals surface area (Å²) in [6, 6.07) is 14.0. The van der Waals surface area contributed by atoms with E-state index in [-0.39, 0.29) is 18.3 Å². The molecule has 0 aliphatic carbocycles. The SMILES string of the molecule is COCc1ccccc1NC(N)=NCc1ccccc1OC(F)F. The number of nitrogens with zero attached hydrogens (tertiary/aromatic N) is 1. The minimum absolute atomic E-state index is 0.0869. The summed E-state index contributed by atoms with van der Waals surface area (Å²) in [5.74, 6) is 0.259. The third kappa shape index (κ3) is 5.20. The van der Waals surface area contributed by atoms with Gasteiger partial charge in [-0.1, -0.05) is 36.4 Å². The van der Waals surface area contributed by atoms with E-state index >= 15 is 0 Å². The van der Waals surface area contributed by atoms with E-state index < -0.39 is 6.61 Å². The molecule has 2 rings (SSSR count). The summed E-state index contributed by atoms with van der Waals surface area (Å²) in [7, 11) is 1.61. The standard InChI is InChI=1S/C17H19F2N3O2/c1-23-11-13-7-2-4-8-14(13)22-17(20)21-10-12-6-3-5-9-15(12)24-16(18)19/h2-9,16H,10-11H2,1H3,(H3,20,21,22). The lowest BCUT2D eigenvalue weighted by Gasteiger charge is -2.12. The summed E-state index contributed by atoms with van der Waals surface area (Å²) in [6.45, 7) is -2.33. The van der Waals surface area contributed by atoms with E-state index in [4.69, 9.17) is 10.5 Å². The minimum Gasteiger partial charge on any atom is -0.434 e. The van der Waals surface area contributed by atoms with Crippen LogP contribution in [0.15, 0.2) is 53.5 Å². The Kier molecular flexibility index (Phi) is 6.51. The van der Waals surface area contributed by atoms with Crippen molar-refractivity contribution in [1.29, 1.82) is 0 Å². The van der Waals surface area contributed by atoms with Crippen LogP contribution in [0.2, 0.25) is 0 Å². The molecule has 128 valence electrons. The summed E-state index contributed by atoms with van der Waals surface area (Å²) in [5.41, 5.74) is 8.11. The number of hydrogen-bond donors (Lipinski definition) is 2. The van der Waals surface area contributed by atoms with Gasteiger partial charge in [-0.15, -0.1) is 0 Å². The Balaban J connectivity index is 2.07. The lowest BCUT2D eigenvalue weighted by Crippen LogP contribution is -2.23. The Morgan fingerprint density at radius 3 is 2.50 bits per heavy atom. The van der Waals surface area contributed by atoms with Crippen LogP contribution in [-0.2, 0) is 17.9 Å². The number of para-hydroxylation sites is 2. The Labute approximate surface area is 139 Å². The number of aliphatic imine (C=N–C) groups is 1. The fraction of sp³-hybridized carbons (Fsp3) is 0.235. The highest BCUT2D eigenvalue weighted by molar-refractivity contribution is 5.92. The summed E-state index contributed by atoms with van der Waals surface area (Å²) in [4.78, 5) is 4.18. The number of alkyl halides is 2. The number of anilines is 1. The van der Waals surface area contributed by atoms with Gasteiger partial charge in [0.05, 0.1) is 13.2 Å². The molecule has 0 aliphatic heterocycles. The molecule has 0 atom stereocenters. The summed E-state index contributed by atoms with van der Waals surface area (Å²) >= 11 is 0. The van der Waals surface area contributed by atoms with Crippen LogP contribution in [0.5, 0.6) is 5.75 Å². The molecule has 0 aliphatic rings. The first kappa shape index (κ1) is 17.7. The van der Waals surface area contributed by atoms with Crippen LogP contribution in [0, 0.1) is 0 Å².